The normalized spacial score (nSPS) is 20.2. The lowest BCUT2D eigenvalue weighted by atomic mass is 10.3. The molecule has 1 aliphatic heterocycles. The zero-order valence-electron chi connectivity index (χ0n) is 9.98. The third-order valence-corrected chi connectivity index (χ3v) is 2.99. The van der Waals surface area contributed by atoms with Crippen LogP contribution in [0.15, 0.2) is 11.5 Å². The maximum atomic E-state index is 12.2. The van der Waals surface area contributed by atoms with E-state index in [1.165, 1.54) is 13.8 Å². The molecule has 0 aromatic heterocycles. The molecule has 0 N–H and O–H groups in total. The van der Waals surface area contributed by atoms with Crippen LogP contribution in [0, 0.1) is 0 Å². The van der Waals surface area contributed by atoms with Crippen LogP contribution in [0.2, 0.25) is 0 Å². The van der Waals surface area contributed by atoms with Crippen molar-refractivity contribution in [2.24, 2.45) is 0 Å². The SMILES string of the molecule is CCOC(=O)C1=C(OS(=O)(=O)C(F)(F)F)CC(C)O1. The third kappa shape index (κ3) is 3.52. The topological polar surface area (TPSA) is 78.9 Å². The molecule has 0 saturated heterocycles. The Bertz CT molecular complexity index is 493. The molecule has 1 heterocycles. The Hall–Kier alpha value is -1.45. The van der Waals surface area contributed by atoms with Crippen LogP contribution in [0.3, 0.4) is 0 Å². The Morgan fingerprint density at radius 3 is 2.53 bits per heavy atom. The van der Waals surface area contributed by atoms with Crippen LogP contribution in [0.1, 0.15) is 20.3 Å². The number of halogens is 3. The summed E-state index contributed by atoms with van der Waals surface area (Å²) in [5.41, 5.74) is -5.58. The smallest absolute Gasteiger partial charge is 0.481 e. The zero-order chi connectivity index (χ0) is 14.8. The predicted octanol–water partition coefficient (Wildman–Crippen LogP) is 1.44. The minimum absolute atomic E-state index is 0.0423. The van der Waals surface area contributed by atoms with Crippen molar-refractivity contribution in [2.45, 2.75) is 31.9 Å². The maximum Gasteiger partial charge on any atom is 0.534 e. The van der Waals surface area contributed by atoms with Gasteiger partial charge >= 0.3 is 21.6 Å². The van der Waals surface area contributed by atoms with E-state index in [1.54, 1.807) is 0 Å². The van der Waals surface area contributed by atoms with E-state index in [-0.39, 0.29) is 13.0 Å². The molecule has 0 aliphatic carbocycles. The van der Waals surface area contributed by atoms with Crippen molar-refractivity contribution in [1.29, 1.82) is 0 Å². The molecule has 0 spiro atoms. The van der Waals surface area contributed by atoms with Gasteiger partial charge in [-0.15, -0.1) is 0 Å². The Kier molecular flexibility index (Phi) is 4.33. The second-order valence-corrected chi connectivity index (χ2v) is 5.13. The predicted molar refractivity (Wildman–Crippen MR) is 54.9 cm³/mol. The van der Waals surface area contributed by atoms with E-state index in [0.29, 0.717) is 0 Å². The van der Waals surface area contributed by atoms with Gasteiger partial charge in [0.15, 0.2) is 5.76 Å². The molecule has 6 nitrogen and oxygen atoms in total. The fourth-order valence-corrected chi connectivity index (χ4v) is 1.78. The monoisotopic (exact) mass is 304 g/mol. The van der Waals surface area contributed by atoms with Crippen LogP contribution >= 0.6 is 0 Å². The Morgan fingerprint density at radius 1 is 1.47 bits per heavy atom. The summed E-state index contributed by atoms with van der Waals surface area (Å²) in [5.74, 6) is -2.43. The second kappa shape index (κ2) is 5.27. The van der Waals surface area contributed by atoms with Gasteiger partial charge < -0.3 is 13.7 Å². The van der Waals surface area contributed by atoms with Gasteiger partial charge in [0, 0.05) is 6.42 Å². The van der Waals surface area contributed by atoms with Crippen LogP contribution in [-0.4, -0.2) is 32.6 Å². The number of alkyl halides is 3. The van der Waals surface area contributed by atoms with Gasteiger partial charge in [0.25, 0.3) is 0 Å². The van der Waals surface area contributed by atoms with Crippen molar-refractivity contribution in [3.63, 3.8) is 0 Å². The van der Waals surface area contributed by atoms with Gasteiger partial charge in [0.1, 0.15) is 6.10 Å². The first-order chi connectivity index (χ1) is 8.58. The molecule has 0 saturated carbocycles. The van der Waals surface area contributed by atoms with Crippen LogP contribution in [0.25, 0.3) is 0 Å². The molecule has 1 aliphatic rings. The number of carbonyl (C=O) groups excluding carboxylic acids is 1. The van der Waals surface area contributed by atoms with Crippen molar-refractivity contribution >= 4 is 16.1 Å². The highest BCUT2D eigenvalue weighted by atomic mass is 32.2. The first-order valence-corrected chi connectivity index (χ1v) is 6.57. The average molecular weight is 304 g/mol. The highest BCUT2D eigenvalue weighted by Gasteiger charge is 2.50. The molecule has 0 aromatic carbocycles. The molecule has 1 rings (SSSR count). The van der Waals surface area contributed by atoms with Gasteiger partial charge in [-0.05, 0) is 13.8 Å². The number of hydrogen-bond acceptors (Lipinski definition) is 6. The Balaban J connectivity index is 3.02. The molecular weight excluding hydrogens is 293 g/mol. The standard InChI is InChI=1S/C9H11F3O6S/c1-3-16-8(13)7-6(4-5(2)17-7)18-19(14,15)9(10,11)12/h5H,3-4H2,1-2H3. The number of carbonyl (C=O) groups is 1. The molecule has 0 aromatic rings. The fourth-order valence-electron chi connectivity index (χ4n) is 1.27. The summed E-state index contributed by atoms with van der Waals surface area (Å²) in [6.45, 7) is 2.87. The highest BCUT2D eigenvalue weighted by molar-refractivity contribution is 7.87. The van der Waals surface area contributed by atoms with E-state index in [1.807, 2.05) is 0 Å². The molecule has 19 heavy (non-hydrogen) atoms. The van der Waals surface area contributed by atoms with E-state index >= 15 is 0 Å². The van der Waals surface area contributed by atoms with Crippen molar-refractivity contribution in [2.75, 3.05) is 6.61 Å². The zero-order valence-corrected chi connectivity index (χ0v) is 10.8. The number of ether oxygens (including phenoxy) is 2. The number of hydrogen-bond donors (Lipinski definition) is 0. The van der Waals surface area contributed by atoms with Gasteiger partial charge in [-0.2, -0.15) is 21.6 Å². The van der Waals surface area contributed by atoms with Gasteiger partial charge in [-0.25, -0.2) is 4.79 Å². The molecular formula is C9H11F3O6S. The minimum atomic E-state index is -5.83. The maximum absolute atomic E-state index is 12.2. The molecule has 1 unspecified atom stereocenters. The minimum Gasteiger partial charge on any atom is -0.481 e. The molecule has 0 bridgehead atoms. The highest BCUT2D eigenvalue weighted by Crippen LogP contribution is 2.33. The van der Waals surface area contributed by atoms with Crippen LogP contribution in [0.4, 0.5) is 13.2 Å². The molecule has 110 valence electrons. The van der Waals surface area contributed by atoms with Crippen LogP contribution in [0.5, 0.6) is 0 Å². The quantitative estimate of drug-likeness (QED) is 0.444. The van der Waals surface area contributed by atoms with Crippen LogP contribution < -0.4 is 0 Å². The van der Waals surface area contributed by atoms with Gasteiger partial charge in [-0.1, -0.05) is 0 Å². The molecule has 0 amide bonds. The summed E-state index contributed by atoms with van der Waals surface area (Å²) >= 11 is 0. The molecule has 10 heteroatoms. The van der Waals surface area contributed by atoms with Gasteiger partial charge in [0.2, 0.25) is 5.76 Å². The summed E-state index contributed by atoms with van der Waals surface area (Å²) in [6.07, 6.45) is -0.957. The van der Waals surface area contributed by atoms with Crippen molar-refractivity contribution in [3.8, 4) is 0 Å². The van der Waals surface area contributed by atoms with Gasteiger partial charge in [0.05, 0.1) is 6.61 Å². The van der Waals surface area contributed by atoms with Crippen molar-refractivity contribution < 1.29 is 40.0 Å². The summed E-state index contributed by atoms with van der Waals surface area (Å²) in [6, 6.07) is 0. The average Bonchev–Trinajstić information content (AvgIpc) is 2.57. The lowest BCUT2D eigenvalue weighted by Crippen LogP contribution is -2.25. The fraction of sp³-hybridized carbons (Fsp3) is 0.667. The molecule has 1 atom stereocenters. The van der Waals surface area contributed by atoms with Crippen molar-refractivity contribution in [3.05, 3.63) is 11.5 Å². The third-order valence-electron chi connectivity index (χ3n) is 2.00. The lowest BCUT2D eigenvalue weighted by Gasteiger charge is -2.10. The summed E-state index contributed by atoms with van der Waals surface area (Å²) in [5, 5.41) is 0. The van der Waals surface area contributed by atoms with Crippen LogP contribution in [-0.2, 0) is 28.6 Å². The van der Waals surface area contributed by atoms with E-state index in [2.05, 4.69) is 8.92 Å². The first kappa shape index (κ1) is 15.6. The van der Waals surface area contributed by atoms with E-state index in [0.717, 1.165) is 0 Å². The van der Waals surface area contributed by atoms with Crippen molar-refractivity contribution in [1.82, 2.24) is 0 Å². The number of esters is 1. The largest absolute Gasteiger partial charge is 0.534 e. The summed E-state index contributed by atoms with van der Waals surface area (Å²) in [4.78, 5) is 11.4. The summed E-state index contributed by atoms with van der Waals surface area (Å²) < 4.78 is 71.5. The Morgan fingerprint density at radius 2 is 2.05 bits per heavy atom. The van der Waals surface area contributed by atoms with Gasteiger partial charge in [-0.3, -0.25) is 0 Å². The molecule has 0 radical (unpaired) electrons. The number of rotatable bonds is 4. The second-order valence-electron chi connectivity index (χ2n) is 3.59. The van der Waals surface area contributed by atoms with E-state index in [4.69, 9.17) is 4.74 Å². The van der Waals surface area contributed by atoms with E-state index in [9.17, 15) is 26.4 Å². The molecule has 0 fully saturated rings. The first-order valence-electron chi connectivity index (χ1n) is 5.16. The summed E-state index contributed by atoms with van der Waals surface area (Å²) in [7, 11) is -5.83. The Labute approximate surface area is 107 Å². The lowest BCUT2D eigenvalue weighted by molar-refractivity contribution is -0.143. The van der Waals surface area contributed by atoms with E-state index < -0.39 is 39.2 Å².